The van der Waals surface area contributed by atoms with Gasteiger partial charge in [-0.1, -0.05) is 131 Å². The first kappa shape index (κ1) is 38.8. The molecular formula is C62H49N3. The van der Waals surface area contributed by atoms with Gasteiger partial charge in [-0.25, -0.2) is 0 Å². The highest BCUT2D eigenvalue weighted by Gasteiger charge is 2.22. The molecule has 12 aromatic rings. The number of para-hydroxylation sites is 2. The fraction of sp³-hybridized carbons (Fsp3) is 0.0968. The van der Waals surface area contributed by atoms with Gasteiger partial charge in [0, 0.05) is 55.7 Å². The molecule has 2 aromatic heterocycles. The van der Waals surface area contributed by atoms with Crippen molar-refractivity contribution in [3.8, 4) is 11.1 Å². The molecule has 0 N–H and O–H groups in total. The van der Waals surface area contributed by atoms with E-state index >= 15 is 0 Å². The van der Waals surface area contributed by atoms with Crippen LogP contribution in [0, 0.1) is 0 Å². The Hall–Kier alpha value is -7.88. The van der Waals surface area contributed by atoms with Gasteiger partial charge in [-0.15, -0.1) is 0 Å². The van der Waals surface area contributed by atoms with E-state index in [0.29, 0.717) is 11.8 Å². The van der Waals surface area contributed by atoms with Crippen LogP contribution in [0.2, 0.25) is 0 Å². The van der Waals surface area contributed by atoms with Gasteiger partial charge in [0.1, 0.15) is 0 Å². The molecule has 10 aromatic carbocycles. The van der Waals surface area contributed by atoms with Crippen molar-refractivity contribution in [3.05, 3.63) is 223 Å². The fourth-order valence-electron chi connectivity index (χ4n) is 10.1. The van der Waals surface area contributed by atoms with Crippen molar-refractivity contribution < 1.29 is 0 Å². The third kappa shape index (κ3) is 6.57. The summed E-state index contributed by atoms with van der Waals surface area (Å²) in [6, 6.07) is 78.8. The van der Waals surface area contributed by atoms with Gasteiger partial charge in [0.05, 0.1) is 16.6 Å². The van der Waals surface area contributed by atoms with Crippen LogP contribution in [-0.2, 0) is 0 Å². The Morgan fingerprint density at radius 2 is 0.692 bits per heavy atom. The van der Waals surface area contributed by atoms with Crippen molar-refractivity contribution in [2.45, 2.75) is 39.5 Å². The van der Waals surface area contributed by atoms with E-state index in [1.807, 2.05) is 0 Å². The average Bonchev–Trinajstić information content (AvgIpc) is 3.84. The number of hydrogen-bond acceptors (Lipinski definition) is 2. The largest absolute Gasteiger partial charge is 0.310 e. The normalized spacial score (nSPS) is 12.0. The lowest BCUT2D eigenvalue weighted by Crippen LogP contribution is -2.10. The molecule has 0 saturated heterocycles. The summed E-state index contributed by atoms with van der Waals surface area (Å²) >= 11 is 0. The summed E-state index contributed by atoms with van der Waals surface area (Å²) in [7, 11) is 0. The molecule has 0 bridgehead atoms. The molecule has 0 fully saturated rings. The molecule has 2 heterocycles. The Morgan fingerprint density at radius 1 is 0.308 bits per heavy atom. The van der Waals surface area contributed by atoms with Crippen LogP contribution in [0.3, 0.4) is 0 Å². The van der Waals surface area contributed by atoms with Gasteiger partial charge in [0.2, 0.25) is 0 Å². The number of benzene rings is 10. The smallest absolute Gasteiger partial charge is 0.0620 e. The molecule has 0 spiro atoms. The summed E-state index contributed by atoms with van der Waals surface area (Å²) in [6.45, 7) is 9.00. The third-order valence-corrected chi connectivity index (χ3v) is 13.6. The van der Waals surface area contributed by atoms with Gasteiger partial charge in [0.25, 0.3) is 0 Å². The number of anilines is 6. The van der Waals surface area contributed by atoms with Crippen molar-refractivity contribution in [1.82, 2.24) is 4.40 Å². The first-order valence-corrected chi connectivity index (χ1v) is 23.0. The van der Waals surface area contributed by atoms with Crippen molar-refractivity contribution >= 4 is 93.8 Å². The number of aromatic nitrogens is 1. The molecule has 0 radical (unpaired) electrons. The summed E-state index contributed by atoms with van der Waals surface area (Å²) in [5.41, 5.74) is 15.6. The Labute approximate surface area is 380 Å². The lowest BCUT2D eigenvalue weighted by atomic mass is 9.97. The summed E-state index contributed by atoms with van der Waals surface area (Å²) in [6.07, 6.45) is 0. The van der Waals surface area contributed by atoms with Crippen LogP contribution in [-0.4, -0.2) is 4.40 Å². The Kier molecular flexibility index (Phi) is 9.20. The van der Waals surface area contributed by atoms with E-state index in [1.54, 1.807) is 0 Å². The maximum atomic E-state index is 2.54. The number of nitrogens with zero attached hydrogens (tertiary/aromatic N) is 3. The molecule has 0 atom stereocenters. The lowest BCUT2D eigenvalue weighted by molar-refractivity contribution is 0.866. The standard InChI is InChI=1S/C62H49N3/c1-40(2)42-20-26-52(27-21-42)63(50-16-10-6-11-17-50)54-30-24-45-34-56-58-36-49(44-14-8-5-9-15-44)37-59-57-35-46-25-31-55(33-48(46)39-61(57)65(62(58)59)60(56)38-47(45)32-54)64(51-18-12-7-13-19-51)53-28-22-43(23-29-53)41(3)4/h5-41H,1-4H3. The van der Waals surface area contributed by atoms with Gasteiger partial charge in [-0.05, 0) is 165 Å². The van der Waals surface area contributed by atoms with E-state index in [0.717, 1.165) is 34.1 Å². The van der Waals surface area contributed by atoms with Gasteiger partial charge >= 0.3 is 0 Å². The highest BCUT2D eigenvalue weighted by atomic mass is 15.1. The highest BCUT2D eigenvalue weighted by molar-refractivity contribution is 6.27. The summed E-state index contributed by atoms with van der Waals surface area (Å²) in [5, 5.41) is 9.95. The SMILES string of the molecule is CC(C)c1ccc(N(c2ccccc2)c2ccc3cc4c5cc(-c6ccccc6)cc6c7cc8ccc(N(c9ccccc9)c9ccc(C(C)C)cc9)cc8cc7n(c4cc3c2)c56)cc1. The van der Waals surface area contributed by atoms with Gasteiger partial charge < -0.3 is 14.2 Å². The van der Waals surface area contributed by atoms with Crippen molar-refractivity contribution in [2.24, 2.45) is 0 Å². The van der Waals surface area contributed by atoms with Gasteiger partial charge in [-0.3, -0.25) is 0 Å². The number of hydrogen-bond donors (Lipinski definition) is 0. The minimum atomic E-state index is 0.470. The molecule has 0 aliphatic rings. The topological polar surface area (TPSA) is 10.9 Å². The van der Waals surface area contributed by atoms with Crippen LogP contribution in [0.4, 0.5) is 34.1 Å². The zero-order valence-electron chi connectivity index (χ0n) is 37.2. The number of rotatable bonds is 9. The van der Waals surface area contributed by atoms with E-state index in [2.05, 4.69) is 254 Å². The quantitative estimate of drug-likeness (QED) is 0.143. The Balaban J connectivity index is 1.08. The molecule has 65 heavy (non-hydrogen) atoms. The lowest BCUT2D eigenvalue weighted by Gasteiger charge is -2.26. The average molecular weight is 836 g/mol. The molecule has 0 aliphatic heterocycles. The zero-order chi connectivity index (χ0) is 43.8. The first-order chi connectivity index (χ1) is 31.9. The molecule has 3 heteroatoms. The molecule has 3 nitrogen and oxygen atoms in total. The second-order valence-electron chi connectivity index (χ2n) is 18.3. The Morgan fingerprint density at radius 3 is 1.11 bits per heavy atom. The molecular weight excluding hydrogens is 787 g/mol. The number of fused-ring (bicyclic) bond motifs is 8. The van der Waals surface area contributed by atoms with E-state index in [9.17, 15) is 0 Å². The van der Waals surface area contributed by atoms with Crippen molar-refractivity contribution in [3.63, 3.8) is 0 Å². The molecule has 0 unspecified atom stereocenters. The summed E-state index contributed by atoms with van der Waals surface area (Å²) < 4.78 is 2.54. The van der Waals surface area contributed by atoms with Gasteiger partial charge in [-0.2, -0.15) is 0 Å². The minimum Gasteiger partial charge on any atom is -0.310 e. The molecule has 0 aliphatic carbocycles. The van der Waals surface area contributed by atoms with E-state index in [1.165, 1.54) is 81.9 Å². The van der Waals surface area contributed by atoms with Crippen molar-refractivity contribution in [1.29, 1.82) is 0 Å². The molecule has 312 valence electrons. The first-order valence-electron chi connectivity index (χ1n) is 23.0. The third-order valence-electron chi connectivity index (χ3n) is 13.6. The molecule has 0 amide bonds. The fourth-order valence-corrected chi connectivity index (χ4v) is 10.1. The zero-order valence-corrected chi connectivity index (χ0v) is 37.2. The summed E-state index contributed by atoms with van der Waals surface area (Å²) in [4.78, 5) is 4.75. The van der Waals surface area contributed by atoms with E-state index < -0.39 is 0 Å². The summed E-state index contributed by atoms with van der Waals surface area (Å²) in [5.74, 6) is 0.940. The van der Waals surface area contributed by atoms with Crippen LogP contribution in [0.1, 0.15) is 50.7 Å². The minimum absolute atomic E-state index is 0.470. The van der Waals surface area contributed by atoms with Crippen LogP contribution in [0.5, 0.6) is 0 Å². The van der Waals surface area contributed by atoms with Crippen LogP contribution >= 0.6 is 0 Å². The predicted octanol–water partition coefficient (Wildman–Crippen LogP) is 18.0. The van der Waals surface area contributed by atoms with Crippen LogP contribution in [0.15, 0.2) is 212 Å². The molecule has 12 rings (SSSR count). The second-order valence-corrected chi connectivity index (χ2v) is 18.3. The maximum absolute atomic E-state index is 2.54. The van der Waals surface area contributed by atoms with Crippen LogP contribution < -0.4 is 9.80 Å². The van der Waals surface area contributed by atoms with Crippen LogP contribution in [0.25, 0.3) is 70.8 Å². The predicted molar refractivity (Wildman–Crippen MR) is 279 cm³/mol. The Bertz CT molecular complexity index is 3460. The highest BCUT2D eigenvalue weighted by Crippen LogP contribution is 2.46. The maximum Gasteiger partial charge on any atom is 0.0620 e. The van der Waals surface area contributed by atoms with Gasteiger partial charge in [0.15, 0.2) is 0 Å². The van der Waals surface area contributed by atoms with Crippen molar-refractivity contribution in [2.75, 3.05) is 9.80 Å². The molecule has 0 saturated carbocycles. The monoisotopic (exact) mass is 835 g/mol. The van der Waals surface area contributed by atoms with E-state index in [-0.39, 0.29) is 0 Å². The second kappa shape index (κ2) is 15.4. The van der Waals surface area contributed by atoms with E-state index in [4.69, 9.17) is 0 Å².